The molecule has 5 nitrogen and oxygen atoms in total. The van der Waals surface area contributed by atoms with Crippen LogP contribution in [0.1, 0.15) is 20.3 Å². The first-order valence-corrected chi connectivity index (χ1v) is 8.34. The number of anilines is 1. The highest BCUT2D eigenvalue weighted by Crippen LogP contribution is 2.33. The average Bonchev–Trinajstić information content (AvgIpc) is 2.88. The summed E-state index contributed by atoms with van der Waals surface area (Å²) in [5, 5.41) is 0. The summed E-state index contributed by atoms with van der Waals surface area (Å²) in [6.45, 7) is 5.07. The van der Waals surface area contributed by atoms with E-state index in [1.807, 2.05) is 0 Å². The quantitative estimate of drug-likeness (QED) is 0.863. The maximum atomic E-state index is 13.8. The number of sulfonamides is 1. The maximum absolute atomic E-state index is 13.8. The molecule has 0 bridgehead atoms. The zero-order chi connectivity index (χ0) is 15.8. The summed E-state index contributed by atoms with van der Waals surface area (Å²) in [7, 11) is -2.43. The van der Waals surface area contributed by atoms with Crippen molar-refractivity contribution in [3.63, 3.8) is 0 Å². The second-order valence-corrected chi connectivity index (χ2v) is 7.62. The fraction of sp³-hybridized carbons (Fsp3) is 0.571. The summed E-state index contributed by atoms with van der Waals surface area (Å²) in [5.41, 5.74) is 5.64. The van der Waals surface area contributed by atoms with Crippen molar-refractivity contribution in [2.75, 3.05) is 25.9 Å². The van der Waals surface area contributed by atoms with Gasteiger partial charge in [-0.3, -0.25) is 0 Å². The Balaban J connectivity index is 2.33. The van der Waals surface area contributed by atoms with E-state index >= 15 is 0 Å². The van der Waals surface area contributed by atoms with Gasteiger partial charge in [-0.1, -0.05) is 13.8 Å². The minimum atomic E-state index is -3.72. The van der Waals surface area contributed by atoms with Gasteiger partial charge in [-0.05, 0) is 30.4 Å². The van der Waals surface area contributed by atoms with Crippen LogP contribution in [0.25, 0.3) is 0 Å². The Hall–Kier alpha value is -1.34. The summed E-state index contributed by atoms with van der Waals surface area (Å²) in [6, 6.07) is 2.22. The van der Waals surface area contributed by atoms with Gasteiger partial charge in [0.05, 0.1) is 17.7 Å². The van der Waals surface area contributed by atoms with E-state index in [9.17, 15) is 12.8 Å². The standard InChI is InChI=1S/C14H21FN2O3S/c1-9(2)10-4-5-17(8-10)21(18,19)11-6-12(15)14(20-3)13(16)7-11/h6-7,9-10H,4-5,8,16H2,1-3H3. The number of hydrogen-bond acceptors (Lipinski definition) is 4. The molecule has 1 unspecified atom stereocenters. The van der Waals surface area contributed by atoms with Crippen molar-refractivity contribution in [1.29, 1.82) is 0 Å². The molecule has 0 saturated carbocycles. The lowest BCUT2D eigenvalue weighted by Crippen LogP contribution is -2.29. The van der Waals surface area contributed by atoms with Gasteiger partial charge in [0.25, 0.3) is 0 Å². The number of methoxy groups -OCH3 is 1. The molecule has 1 aromatic carbocycles. The number of rotatable bonds is 4. The van der Waals surface area contributed by atoms with Crippen molar-refractivity contribution in [2.24, 2.45) is 11.8 Å². The second-order valence-electron chi connectivity index (χ2n) is 5.68. The molecule has 2 N–H and O–H groups in total. The van der Waals surface area contributed by atoms with Crippen LogP contribution in [0.5, 0.6) is 5.75 Å². The van der Waals surface area contributed by atoms with Crippen LogP contribution in [0.2, 0.25) is 0 Å². The van der Waals surface area contributed by atoms with E-state index in [1.165, 1.54) is 17.5 Å². The van der Waals surface area contributed by atoms with E-state index < -0.39 is 15.8 Å². The van der Waals surface area contributed by atoms with Gasteiger partial charge in [-0.2, -0.15) is 4.31 Å². The summed E-state index contributed by atoms with van der Waals surface area (Å²) < 4.78 is 45.2. The van der Waals surface area contributed by atoms with Crippen LogP contribution < -0.4 is 10.5 Å². The van der Waals surface area contributed by atoms with E-state index in [-0.39, 0.29) is 16.3 Å². The lowest BCUT2D eigenvalue weighted by molar-refractivity contribution is 0.385. The molecule has 0 spiro atoms. The molecule has 21 heavy (non-hydrogen) atoms. The van der Waals surface area contributed by atoms with Crippen LogP contribution in [0.4, 0.5) is 10.1 Å². The molecule has 2 rings (SSSR count). The first-order chi connectivity index (χ1) is 9.77. The number of hydrogen-bond donors (Lipinski definition) is 1. The first-order valence-electron chi connectivity index (χ1n) is 6.90. The molecule has 0 radical (unpaired) electrons. The minimum absolute atomic E-state index is 0.0179. The van der Waals surface area contributed by atoms with Crippen molar-refractivity contribution in [2.45, 2.75) is 25.2 Å². The Morgan fingerprint density at radius 3 is 2.57 bits per heavy atom. The monoisotopic (exact) mass is 316 g/mol. The topological polar surface area (TPSA) is 72.6 Å². The van der Waals surface area contributed by atoms with E-state index in [1.54, 1.807) is 0 Å². The molecule has 0 amide bonds. The van der Waals surface area contributed by atoms with Gasteiger partial charge in [-0.25, -0.2) is 12.8 Å². The molecule has 1 aliphatic rings. The van der Waals surface area contributed by atoms with Gasteiger partial charge in [-0.15, -0.1) is 0 Å². The molecular formula is C14H21FN2O3S. The smallest absolute Gasteiger partial charge is 0.243 e. The lowest BCUT2D eigenvalue weighted by atomic mass is 9.96. The van der Waals surface area contributed by atoms with Gasteiger partial charge in [0.2, 0.25) is 10.0 Å². The average molecular weight is 316 g/mol. The highest BCUT2D eigenvalue weighted by Gasteiger charge is 2.34. The molecule has 1 saturated heterocycles. The van der Waals surface area contributed by atoms with Gasteiger partial charge in [0, 0.05) is 13.1 Å². The highest BCUT2D eigenvalue weighted by atomic mass is 32.2. The molecule has 0 aromatic heterocycles. The summed E-state index contributed by atoms with van der Waals surface area (Å²) >= 11 is 0. The lowest BCUT2D eigenvalue weighted by Gasteiger charge is -2.19. The normalized spacial score (nSPS) is 20.1. The van der Waals surface area contributed by atoms with Crippen molar-refractivity contribution in [3.8, 4) is 5.75 Å². The third kappa shape index (κ3) is 2.98. The molecule has 1 fully saturated rings. The number of nitrogen functional groups attached to an aromatic ring is 1. The van der Waals surface area contributed by atoms with E-state index in [0.29, 0.717) is 24.9 Å². The van der Waals surface area contributed by atoms with Crippen LogP contribution in [0, 0.1) is 17.7 Å². The van der Waals surface area contributed by atoms with Crippen molar-refractivity contribution in [3.05, 3.63) is 17.9 Å². The largest absolute Gasteiger partial charge is 0.492 e. The third-order valence-electron chi connectivity index (χ3n) is 4.02. The fourth-order valence-electron chi connectivity index (χ4n) is 2.62. The van der Waals surface area contributed by atoms with E-state index in [2.05, 4.69) is 13.8 Å². The Morgan fingerprint density at radius 1 is 1.43 bits per heavy atom. The highest BCUT2D eigenvalue weighted by molar-refractivity contribution is 7.89. The molecule has 0 aliphatic carbocycles. The fourth-order valence-corrected chi connectivity index (χ4v) is 4.18. The zero-order valence-corrected chi connectivity index (χ0v) is 13.3. The third-order valence-corrected chi connectivity index (χ3v) is 5.86. The van der Waals surface area contributed by atoms with Gasteiger partial charge >= 0.3 is 0 Å². The van der Waals surface area contributed by atoms with Crippen LogP contribution in [0.15, 0.2) is 17.0 Å². The molecule has 7 heteroatoms. The van der Waals surface area contributed by atoms with Crippen LogP contribution in [0.3, 0.4) is 0 Å². The Morgan fingerprint density at radius 2 is 2.10 bits per heavy atom. The van der Waals surface area contributed by atoms with E-state index in [4.69, 9.17) is 10.5 Å². The number of nitrogens with zero attached hydrogens (tertiary/aromatic N) is 1. The summed E-state index contributed by atoms with van der Waals surface area (Å²) in [6.07, 6.45) is 0.824. The second kappa shape index (κ2) is 5.81. The number of ether oxygens (including phenoxy) is 1. The van der Waals surface area contributed by atoms with Crippen molar-refractivity contribution >= 4 is 15.7 Å². The van der Waals surface area contributed by atoms with Gasteiger partial charge in [0.1, 0.15) is 0 Å². The Bertz CT molecular complexity index is 608. The molecule has 1 aliphatic heterocycles. The van der Waals surface area contributed by atoms with Gasteiger partial charge in [0.15, 0.2) is 11.6 Å². The number of benzene rings is 1. The Kier molecular flexibility index (Phi) is 4.43. The van der Waals surface area contributed by atoms with Crippen molar-refractivity contribution < 1.29 is 17.5 Å². The number of halogens is 1. The van der Waals surface area contributed by atoms with E-state index in [0.717, 1.165) is 12.5 Å². The molecular weight excluding hydrogens is 295 g/mol. The summed E-state index contributed by atoms with van der Waals surface area (Å²) in [4.78, 5) is -0.122. The maximum Gasteiger partial charge on any atom is 0.243 e. The Labute approximate surface area is 124 Å². The van der Waals surface area contributed by atoms with Crippen molar-refractivity contribution in [1.82, 2.24) is 4.31 Å². The predicted molar refractivity (Wildman–Crippen MR) is 79.1 cm³/mol. The first kappa shape index (κ1) is 16.0. The molecule has 118 valence electrons. The molecule has 1 atom stereocenters. The van der Waals surface area contributed by atoms with Crippen LogP contribution in [-0.4, -0.2) is 32.9 Å². The molecule has 1 heterocycles. The van der Waals surface area contributed by atoms with Crippen LogP contribution >= 0.6 is 0 Å². The number of nitrogens with two attached hydrogens (primary N) is 1. The zero-order valence-electron chi connectivity index (χ0n) is 12.5. The predicted octanol–water partition coefficient (Wildman–Crippen LogP) is 2.08. The summed E-state index contributed by atoms with van der Waals surface area (Å²) in [5.74, 6) is -0.144. The minimum Gasteiger partial charge on any atom is -0.492 e. The SMILES string of the molecule is COc1c(N)cc(S(=O)(=O)N2CCC(C(C)C)C2)cc1F. The molecule has 1 aromatic rings. The van der Waals surface area contributed by atoms with Gasteiger partial charge < -0.3 is 10.5 Å². The van der Waals surface area contributed by atoms with Crippen LogP contribution in [-0.2, 0) is 10.0 Å².